The lowest BCUT2D eigenvalue weighted by Crippen LogP contribution is -2.40. The summed E-state index contributed by atoms with van der Waals surface area (Å²) in [6.07, 6.45) is 2.73. The molecule has 2 rings (SSSR count). The van der Waals surface area contributed by atoms with Crippen LogP contribution in [0.1, 0.15) is 19.3 Å². The van der Waals surface area contributed by atoms with E-state index in [-0.39, 0.29) is 30.1 Å². The molecule has 2 amide bonds. The van der Waals surface area contributed by atoms with E-state index in [1.165, 1.54) is 12.8 Å². The van der Waals surface area contributed by atoms with Crippen molar-refractivity contribution >= 4 is 24.2 Å². The van der Waals surface area contributed by atoms with Crippen LogP contribution in [0.5, 0.6) is 0 Å². The van der Waals surface area contributed by atoms with E-state index >= 15 is 0 Å². The number of hydrogen-bond donors (Lipinski definition) is 2. The van der Waals surface area contributed by atoms with Gasteiger partial charge in [0.1, 0.15) is 0 Å². The Morgan fingerprint density at radius 1 is 1.56 bits per heavy atom. The van der Waals surface area contributed by atoms with Gasteiger partial charge in [0.05, 0.1) is 5.92 Å². The fourth-order valence-corrected chi connectivity index (χ4v) is 2.53. The largest absolute Gasteiger partial charge is 0.355 e. The van der Waals surface area contributed by atoms with E-state index in [0.29, 0.717) is 18.9 Å². The quantitative estimate of drug-likeness (QED) is 0.762. The lowest BCUT2D eigenvalue weighted by Gasteiger charge is -2.23. The van der Waals surface area contributed by atoms with E-state index in [0.717, 1.165) is 19.6 Å². The summed E-state index contributed by atoms with van der Waals surface area (Å²) in [4.78, 5) is 24.8. The Labute approximate surface area is 114 Å². The third kappa shape index (κ3) is 3.85. The van der Waals surface area contributed by atoms with Crippen molar-refractivity contribution in [3.05, 3.63) is 0 Å². The maximum Gasteiger partial charge on any atom is 0.225 e. The second-order valence-electron chi connectivity index (χ2n) is 5.13. The summed E-state index contributed by atoms with van der Waals surface area (Å²) < 4.78 is 0. The number of carbonyl (C=O) groups excluding carboxylic acids is 2. The number of carbonyl (C=O) groups is 2. The molecule has 2 atom stereocenters. The van der Waals surface area contributed by atoms with E-state index in [4.69, 9.17) is 0 Å². The molecule has 0 radical (unpaired) electrons. The van der Waals surface area contributed by atoms with Crippen LogP contribution in [-0.4, -0.2) is 49.9 Å². The molecule has 2 unspecified atom stereocenters. The highest BCUT2D eigenvalue weighted by atomic mass is 35.5. The first-order valence-electron chi connectivity index (χ1n) is 6.39. The van der Waals surface area contributed by atoms with Gasteiger partial charge in [0, 0.05) is 26.6 Å². The highest BCUT2D eigenvalue weighted by Gasteiger charge is 2.32. The predicted molar refractivity (Wildman–Crippen MR) is 71.6 cm³/mol. The first-order chi connectivity index (χ1) is 8.16. The van der Waals surface area contributed by atoms with Crippen LogP contribution in [-0.2, 0) is 9.59 Å². The van der Waals surface area contributed by atoms with Crippen molar-refractivity contribution in [1.82, 2.24) is 15.5 Å². The molecular weight excluding hydrogens is 254 g/mol. The van der Waals surface area contributed by atoms with Gasteiger partial charge in [-0.1, -0.05) is 0 Å². The molecule has 2 fully saturated rings. The van der Waals surface area contributed by atoms with E-state index in [2.05, 4.69) is 10.6 Å². The Kier molecular flexibility index (Phi) is 5.88. The highest BCUT2D eigenvalue weighted by molar-refractivity contribution is 5.89. The van der Waals surface area contributed by atoms with Gasteiger partial charge < -0.3 is 15.5 Å². The Hall–Kier alpha value is -0.810. The molecule has 2 N–H and O–H groups in total. The summed E-state index contributed by atoms with van der Waals surface area (Å²) in [5.74, 6) is 0.504. The number of rotatable bonds is 3. The van der Waals surface area contributed by atoms with Crippen LogP contribution >= 0.6 is 12.4 Å². The topological polar surface area (TPSA) is 61.4 Å². The number of nitrogens with zero attached hydrogens (tertiary/aromatic N) is 1. The van der Waals surface area contributed by atoms with Crippen LogP contribution in [0.3, 0.4) is 0 Å². The Morgan fingerprint density at radius 2 is 2.33 bits per heavy atom. The minimum atomic E-state index is -0.149. The first-order valence-corrected chi connectivity index (χ1v) is 6.39. The molecule has 0 spiro atoms. The predicted octanol–water partition coefficient (Wildman–Crippen LogP) is 0.00230. The van der Waals surface area contributed by atoms with Crippen LogP contribution in [0.15, 0.2) is 0 Å². The molecule has 0 aromatic carbocycles. The van der Waals surface area contributed by atoms with Gasteiger partial charge in [-0.15, -0.1) is 12.4 Å². The summed E-state index contributed by atoms with van der Waals surface area (Å²) >= 11 is 0. The van der Waals surface area contributed by atoms with Gasteiger partial charge in [0.25, 0.3) is 0 Å². The molecular formula is C12H22ClN3O2. The number of likely N-dealkylation sites (tertiary alicyclic amines) is 1. The van der Waals surface area contributed by atoms with E-state index in [1.807, 2.05) is 0 Å². The summed E-state index contributed by atoms with van der Waals surface area (Å²) in [5, 5.41) is 6.31. The SMILES string of the molecule is CN1CC(C(=O)NCC2CCCNC2)CC1=O.Cl. The Morgan fingerprint density at radius 3 is 2.89 bits per heavy atom. The number of hydrogen-bond acceptors (Lipinski definition) is 3. The molecule has 2 aliphatic rings. The Bertz CT molecular complexity index is 306. The number of nitrogens with one attached hydrogen (secondary N) is 2. The molecule has 5 nitrogen and oxygen atoms in total. The van der Waals surface area contributed by atoms with Crippen molar-refractivity contribution in [2.24, 2.45) is 11.8 Å². The summed E-state index contributed by atoms with van der Waals surface area (Å²) in [5.41, 5.74) is 0. The standard InChI is InChI=1S/C12H21N3O2.ClH/c1-15-8-10(5-11(15)16)12(17)14-7-9-3-2-4-13-6-9;/h9-10,13H,2-8H2,1H3,(H,14,17);1H. The zero-order valence-corrected chi connectivity index (χ0v) is 11.6. The Balaban J connectivity index is 0.00000162. The molecule has 104 valence electrons. The second kappa shape index (κ2) is 6.95. The van der Waals surface area contributed by atoms with Gasteiger partial charge >= 0.3 is 0 Å². The van der Waals surface area contributed by atoms with Gasteiger partial charge in [-0.05, 0) is 31.8 Å². The lowest BCUT2D eigenvalue weighted by atomic mass is 9.99. The van der Waals surface area contributed by atoms with E-state index in [1.54, 1.807) is 11.9 Å². The molecule has 0 bridgehead atoms. The molecule has 0 saturated carbocycles. The van der Waals surface area contributed by atoms with Gasteiger partial charge in [0.2, 0.25) is 11.8 Å². The van der Waals surface area contributed by atoms with Crippen LogP contribution in [0.25, 0.3) is 0 Å². The molecule has 0 aromatic heterocycles. The molecule has 2 aliphatic heterocycles. The molecule has 2 heterocycles. The van der Waals surface area contributed by atoms with Crippen molar-refractivity contribution in [2.45, 2.75) is 19.3 Å². The number of amides is 2. The molecule has 6 heteroatoms. The lowest BCUT2D eigenvalue weighted by molar-refractivity contribution is -0.128. The van der Waals surface area contributed by atoms with Crippen LogP contribution in [0.4, 0.5) is 0 Å². The maximum absolute atomic E-state index is 11.9. The minimum absolute atomic E-state index is 0. The third-order valence-corrected chi connectivity index (χ3v) is 3.68. The highest BCUT2D eigenvalue weighted by Crippen LogP contribution is 2.16. The van der Waals surface area contributed by atoms with Crippen molar-refractivity contribution in [2.75, 3.05) is 33.2 Å². The maximum atomic E-state index is 11.9. The van der Waals surface area contributed by atoms with Gasteiger partial charge in [-0.3, -0.25) is 9.59 Å². The fourth-order valence-electron chi connectivity index (χ4n) is 2.53. The summed E-state index contributed by atoms with van der Waals surface area (Å²) in [6, 6.07) is 0. The van der Waals surface area contributed by atoms with Gasteiger partial charge in [-0.25, -0.2) is 0 Å². The zero-order valence-electron chi connectivity index (χ0n) is 10.8. The molecule has 0 aliphatic carbocycles. The molecule has 0 aromatic rings. The average Bonchev–Trinajstić information content (AvgIpc) is 2.68. The van der Waals surface area contributed by atoms with E-state index < -0.39 is 0 Å². The summed E-state index contributed by atoms with van der Waals surface area (Å²) in [6.45, 7) is 3.38. The molecule has 2 saturated heterocycles. The van der Waals surface area contributed by atoms with E-state index in [9.17, 15) is 9.59 Å². The monoisotopic (exact) mass is 275 g/mol. The van der Waals surface area contributed by atoms with Gasteiger partial charge in [-0.2, -0.15) is 0 Å². The zero-order chi connectivity index (χ0) is 12.3. The minimum Gasteiger partial charge on any atom is -0.355 e. The smallest absolute Gasteiger partial charge is 0.225 e. The van der Waals surface area contributed by atoms with Crippen molar-refractivity contribution in [1.29, 1.82) is 0 Å². The second-order valence-corrected chi connectivity index (χ2v) is 5.13. The first kappa shape index (κ1) is 15.2. The van der Waals surface area contributed by atoms with Crippen LogP contribution in [0.2, 0.25) is 0 Å². The van der Waals surface area contributed by atoms with Crippen molar-refractivity contribution < 1.29 is 9.59 Å². The molecule has 18 heavy (non-hydrogen) atoms. The number of piperidine rings is 1. The van der Waals surface area contributed by atoms with Crippen molar-refractivity contribution in [3.8, 4) is 0 Å². The third-order valence-electron chi connectivity index (χ3n) is 3.68. The van der Waals surface area contributed by atoms with Crippen LogP contribution < -0.4 is 10.6 Å². The average molecular weight is 276 g/mol. The van der Waals surface area contributed by atoms with Crippen molar-refractivity contribution in [3.63, 3.8) is 0 Å². The van der Waals surface area contributed by atoms with Gasteiger partial charge in [0.15, 0.2) is 0 Å². The normalized spacial score (nSPS) is 27.8. The van der Waals surface area contributed by atoms with Crippen LogP contribution in [0, 0.1) is 11.8 Å². The fraction of sp³-hybridized carbons (Fsp3) is 0.833. The summed E-state index contributed by atoms with van der Waals surface area (Å²) in [7, 11) is 1.75. The number of halogens is 1.